The van der Waals surface area contributed by atoms with Crippen LogP contribution < -0.4 is 10.6 Å². The van der Waals surface area contributed by atoms with Crippen LogP contribution in [0.1, 0.15) is 25.0 Å². The van der Waals surface area contributed by atoms with E-state index in [0.717, 1.165) is 19.4 Å². The lowest BCUT2D eigenvalue weighted by Crippen LogP contribution is -2.43. The highest BCUT2D eigenvalue weighted by Gasteiger charge is 2.30. The van der Waals surface area contributed by atoms with E-state index in [1.165, 1.54) is 0 Å². The van der Waals surface area contributed by atoms with Crippen LogP contribution in [0.5, 0.6) is 0 Å². The van der Waals surface area contributed by atoms with E-state index in [9.17, 15) is 9.59 Å². The summed E-state index contributed by atoms with van der Waals surface area (Å²) < 4.78 is 5.23. The lowest BCUT2D eigenvalue weighted by Gasteiger charge is -2.23. The molecule has 1 aromatic carbocycles. The van der Waals surface area contributed by atoms with Crippen LogP contribution in [0.25, 0.3) is 0 Å². The van der Waals surface area contributed by atoms with E-state index in [0.29, 0.717) is 34.6 Å². The van der Waals surface area contributed by atoms with E-state index >= 15 is 0 Å². The first-order chi connectivity index (χ1) is 13.0. The van der Waals surface area contributed by atoms with Crippen LogP contribution in [0.3, 0.4) is 0 Å². The third-order valence-electron chi connectivity index (χ3n) is 4.54. The maximum atomic E-state index is 12.4. The summed E-state index contributed by atoms with van der Waals surface area (Å²) in [6, 6.07) is 8.43. The van der Waals surface area contributed by atoms with E-state index in [1.807, 2.05) is 11.0 Å². The number of carbonyl (C=O) groups is 2. The highest BCUT2D eigenvalue weighted by molar-refractivity contribution is 6.39. The van der Waals surface area contributed by atoms with Crippen LogP contribution in [-0.2, 0) is 16.1 Å². The van der Waals surface area contributed by atoms with Crippen molar-refractivity contribution < 1.29 is 14.0 Å². The number of benzene rings is 1. The predicted octanol–water partition coefficient (Wildman–Crippen LogP) is 3.70. The first-order valence-corrected chi connectivity index (χ1v) is 9.58. The molecule has 0 bridgehead atoms. The van der Waals surface area contributed by atoms with E-state index in [1.54, 1.807) is 30.5 Å². The summed E-state index contributed by atoms with van der Waals surface area (Å²) in [5.41, 5.74) is 0.417. The Hall–Kier alpha value is -2.02. The zero-order chi connectivity index (χ0) is 19.2. The molecule has 1 saturated heterocycles. The van der Waals surface area contributed by atoms with Crippen LogP contribution in [-0.4, -0.2) is 35.8 Å². The fourth-order valence-electron chi connectivity index (χ4n) is 3.16. The van der Waals surface area contributed by atoms with Gasteiger partial charge in [-0.3, -0.25) is 14.5 Å². The third kappa shape index (κ3) is 5.25. The van der Waals surface area contributed by atoms with E-state index in [4.69, 9.17) is 27.6 Å². The SMILES string of the molecule is O=C(CCN1CCCC1C(=O)NCc1ccco1)Nc1c(Cl)cccc1Cl. The smallest absolute Gasteiger partial charge is 0.237 e. The van der Waals surface area contributed by atoms with Crippen molar-refractivity contribution in [3.63, 3.8) is 0 Å². The molecule has 1 aromatic heterocycles. The van der Waals surface area contributed by atoms with Crippen LogP contribution >= 0.6 is 23.2 Å². The van der Waals surface area contributed by atoms with E-state index < -0.39 is 0 Å². The largest absolute Gasteiger partial charge is 0.467 e. The summed E-state index contributed by atoms with van der Waals surface area (Å²) in [6.45, 7) is 1.65. The normalized spacial score (nSPS) is 17.0. The number of para-hydroxylation sites is 1. The summed E-state index contributed by atoms with van der Waals surface area (Å²) >= 11 is 12.1. The van der Waals surface area contributed by atoms with Gasteiger partial charge in [0.05, 0.1) is 34.6 Å². The van der Waals surface area contributed by atoms with Gasteiger partial charge in [0, 0.05) is 13.0 Å². The Balaban J connectivity index is 1.49. The summed E-state index contributed by atoms with van der Waals surface area (Å²) in [5.74, 6) is 0.481. The molecule has 6 nitrogen and oxygen atoms in total. The van der Waals surface area contributed by atoms with Gasteiger partial charge in [-0.05, 0) is 43.7 Å². The zero-order valence-electron chi connectivity index (χ0n) is 14.7. The first kappa shape index (κ1) is 19.7. The maximum absolute atomic E-state index is 12.4. The summed E-state index contributed by atoms with van der Waals surface area (Å²) in [6.07, 6.45) is 3.54. The van der Waals surface area contributed by atoms with Crippen molar-refractivity contribution in [3.8, 4) is 0 Å². The number of hydrogen-bond acceptors (Lipinski definition) is 4. The molecule has 1 atom stereocenters. The van der Waals surface area contributed by atoms with Crippen LogP contribution in [0.2, 0.25) is 10.0 Å². The fourth-order valence-corrected chi connectivity index (χ4v) is 3.65. The Bertz CT molecular complexity index is 775. The van der Waals surface area contributed by atoms with Crippen molar-refractivity contribution in [3.05, 3.63) is 52.4 Å². The molecule has 1 aliphatic rings. The molecule has 2 N–H and O–H groups in total. The van der Waals surface area contributed by atoms with Gasteiger partial charge < -0.3 is 15.1 Å². The Morgan fingerprint density at radius 1 is 1.19 bits per heavy atom. The van der Waals surface area contributed by atoms with Gasteiger partial charge in [0.1, 0.15) is 5.76 Å². The second kappa shape index (κ2) is 9.26. The highest BCUT2D eigenvalue weighted by Crippen LogP contribution is 2.30. The Labute approximate surface area is 167 Å². The standard InChI is InChI=1S/C19H21Cl2N3O3/c20-14-5-1-6-15(21)18(14)23-17(25)8-10-24-9-2-7-16(24)19(26)22-12-13-4-3-11-27-13/h1,3-6,11,16H,2,7-10,12H2,(H,22,26)(H,23,25). The lowest BCUT2D eigenvalue weighted by atomic mass is 10.2. The van der Waals surface area contributed by atoms with Crippen molar-refractivity contribution in [1.29, 1.82) is 0 Å². The Kier molecular flexibility index (Phi) is 6.77. The van der Waals surface area contributed by atoms with Gasteiger partial charge in [-0.1, -0.05) is 29.3 Å². The fraction of sp³-hybridized carbons (Fsp3) is 0.368. The van der Waals surface area contributed by atoms with E-state index in [2.05, 4.69) is 10.6 Å². The number of anilines is 1. The number of rotatable bonds is 7. The van der Waals surface area contributed by atoms with Crippen molar-refractivity contribution in [1.82, 2.24) is 10.2 Å². The second-order valence-corrected chi connectivity index (χ2v) is 7.20. The van der Waals surface area contributed by atoms with Gasteiger partial charge in [-0.15, -0.1) is 0 Å². The van der Waals surface area contributed by atoms with Gasteiger partial charge in [0.25, 0.3) is 0 Å². The average molecular weight is 410 g/mol. The van der Waals surface area contributed by atoms with Gasteiger partial charge >= 0.3 is 0 Å². The minimum atomic E-state index is -0.225. The molecule has 0 spiro atoms. The van der Waals surface area contributed by atoms with Crippen LogP contribution in [0, 0.1) is 0 Å². The number of amides is 2. The molecule has 8 heteroatoms. The van der Waals surface area contributed by atoms with Crippen molar-refractivity contribution in [2.24, 2.45) is 0 Å². The number of nitrogens with zero attached hydrogens (tertiary/aromatic N) is 1. The highest BCUT2D eigenvalue weighted by atomic mass is 35.5. The predicted molar refractivity (Wildman–Crippen MR) is 105 cm³/mol. The Morgan fingerprint density at radius 3 is 2.67 bits per heavy atom. The van der Waals surface area contributed by atoms with Gasteiger partial charge in [-0.25, -0.2) is 0 Å². The van der Waals surface area contributed by atoms with Crippen molar-refractivity contribution in [2.45, 2.75) is 31.8 Å². The molecule has 2 amide bonds. The monoisotopic (exact) mass is 409 g/mol. The van der Waals surface area contributed by atoms with Gasteiger partial charge in [0.2, 0.25) is 11.8 Å². The minimum absolute atomic E-state index is 0.0431. The quantitative estimate of drug-likeness (QED) is 0.730. The maximum Gasteiger partial charge on any atom is 0.237 e. The molecule has 0 aliphatic carbocycles. The van der Waals surface area contributed by atoms with Gasteiger partial charge in [0.15, 0.2) is 0 Å². The van der Waals surface area contributed by atoms with Crippen LogP contribution in [0.15, 0.2) is 41.0 Å². The number of carbonyl (C=O) groups excluding carboxylic acids is 2. The topological polar surface area (TPSA) is 74.6 Å². The molecule has 2 heterocycles. The lowest BCUT2D eigenvalue weighted by molar-refractivity contribution is -0.126. The number of nitrogens with one attached hydrogen (secondary N) is 2. The molecule has 3 rings (SSSR count). The number of hydrogen-bond donors (Lipinski definition) is 2. The molecule has 1 fully saturated rings. The third-order valence-corrected chi connectivity index (χ3v) is 5.17. The van der Waals surface area contributed by atoms with Crippen LogP contribution in [0.4, 0.5) is 5.69 Å². The molecule has 1 unspecified atom stereocenters. The van der Waals surface area contributed by atoms with E-state index in [-0.39, 0.29) is 24.3 Å². The first-order valence-electron chi connectivity index (χ1n) is 8.82. The molecule has 144 valence electrons. The number of likely N-dealkylation sites (tertiary alicyclic amines) is 1. The second-order valence-electron chi connectivity index (χ2n) is 6.39. The molecular formula is C19H21Cl2N3O3. The molecule has 0 saturated carbocycles. The molecular weight excluding hydrogens is 389 g/mol. The summed E-state index contributed by atoms with van der Waals surface area (Å²) in [5, 5.41) is 6.43. The number of furan rings is 1. The van der Waals surface area contributed by atoms with Crippen molar-refractivity contribution >= 4 is 40.7 Å². The van der Waals surface area contributed by atoms with Crippen molar-refractivity contribution in [2.75, 3.05) is 18.4 Å². The molecule has 27 heavy (non-hydrogen) atoms. The molecule has 0 radical (unpaired) electrons. The average Bonchev–Trinajstić information content (AvgIpc) is 3.32. The summed E-state index contributed by atoms with van der Waals surface area (Å²) in [4.78, 5) is 26.7. The summed E-state index contributed by atoms with van der Waals surface area (Å²) in [7, 11) is 0. The number of halogens is 2. The Morgan fingerprint density at radius 2 is 1.96 bits per heavy atom. The zero-order valence-corrected chi connectivity index (χ0v) is 16.2. The molecule has 2 aromatic rings. The van der Waals surface area contributed by atoms with Gasteiger partial charge in [-0.2, -0.15) is 0 Å². The minimum Gasteiger partial charge on any atom is -0.467 e. The molecule has 1 aliphatic heterocycles.